The molecule has 0 aliphatic heterocycles. The Bertz CT molecular complexity index is 497. The second-order valence-corrected chi connectivity index (χ2v) is 4.02. The Morgan fingerprint density at radius 1 is 1.12 bits per heavy atom. The molecule has 16 heavy (non-hydrogen) atoms. The van der Waals surface area contributed by atoms with E-state index >= 15 is 0 Å². The van der Waals surface area contributed by atoms with E-state index in [-0.39, 0.29) is 10.5 Å². The van der Waals surface area contributed by atoms with Crippen LogP contribution in [-0.2, 0) is 0 Å². The number of hydrogen-bond acceptors (Lipinski definition) is 3. The third-order valence-corrected chi connectivity index (χ3v) is 2.79. The zero-order valence-electron chi connectivity index (χ0n) is 8.02. The van der Waals surface area contributed by atoms with Gasteiger partial charge >= 0.3 is 7.12 Å². The van der Waals surface area contributed by atoms with Gasteiger partial charge in [0.25, 0.3) is 0 Å². The van der Waals surface area contributed by atoms with Crippen molar-refractivity contribution < 1.29 is 14.5 Å². The van der Waals surface area contributed by atoms with Gasteiger partial charge in [-0.2, -0.15) is 0 Å². The van der Waals surface area contributed by atoms with Crippen LogP contribution >= 0.6 is 23.2 Å². The van der Waals surface area contributed by atoms with Crippen molar-refractivity contribution in [1.82, 2.24) is 0 Å². The van der Waals surface area contributed by atoms with Gasteiger partial charge in [-0.25, -0.2) is 0 Å². The second-order valence-electron chi connectivity index (χ2n) is 3.20. The first kappa shape index (κ1) is 11.5. The predicted octanol–water partition coefficient (Wildman–Crippen LogP) is 1.93. The van der Waals surface area contributed by atoms with E-state index in [9.17, 15) is 0 Å². The number of furan rings is 1. The Morgan fingerprint density at radius 2 is 1.88 bits per heavy atom. The molecule has 2 aromatic rings. The Hall–Kier alpha value is -0.935. The zero-order valence-corrected chi connectivity index (χ0v) is 9.53. The van der Waals surface area contributed by atoms with Gasteiger partial charge in [-0.3, -0.25) is 0 Å². The first-order valence-electron chi connectivity index (χ1n) is 4.48. The van der Waals surface area contributed by atoms with E-state index in [0.29, 0.717) is 16.3 Å². The average molecular weight is 257 g/mol. The molecule has 0 aliphatic rings. The van der Waals surface area contributed by atoms with Crippen molar-refractivity contribution in [2.24, 2.45) is 0 Å². The second kappa shape index (κ2) is 4.51. The molecule has 0 aliphatic carbocycles. The van der Waals surface area contributed by atoms with Crippen LogP contribution < -0.4 is 5.46 Å². The number of rotatable bonds is 2. The summed E-state index contributed by atoms with van der Waals surface area (Å²) in [7, 11) is -1.64. The van der Waals surface area contributed by atoms with Gasteiger partial charge in [0, 0.05) is 16.0 Å². The molecular weight excluding hydrogens is 250 g/mol. The fourth-order valence-electron chi connectivity index (χ4n) is 1.38. The highest BCUT2D eigenvalue weighted by molar-refractivity contribution is 6.63. The molecule has 0 fully saturated rings. The molecule has 2 N–H and O–H groups in total. The molecule has 0 atom stereocenters. The predicted molar refractivity (Wildman–Crippen MR) is 64.0 cm³/mol. The van der Waals surface area contributed by atoms with Crippen LogP contribution in [0.25, 0.3) is 11.3 Å². The summed E-state index contributed by atoms with van der Waals surface area (Å²) in [5, 5.41) is 18.8. The zero-order chi connectivity index (χ0) is 11.7. The average Bonchev–Trinajstić information content (AvgIpc) is 2.70. The molecule has 0 saturated heterocycles. The third kappa shape index (κ3) is 2.10. The van der Waals surface area contributed by atoms with Crippen molar-refractivity contribution in [2.45, 2.75) is 0 Å². The summed E-state index contributed by atoms with van der Waals surface area (Å²) < 4.78 is 5.18. The Morgan fingerprint density at radius 3 is 2.44 bits per heavy atom. The Balaban J connectivity index is 2.58. The van der Waals surface area contributed by atoms with Crippen LogP contribution in [0.2, 0.25) is 10.0 Å². The molecule has 0 unspecified atom stereocenters. The molecule has 0 bridgehead atoms. The minimum atomic E-state index is -1.64. The van der Waals surface area contributed by atoms with E-state index in [2.05, 4.69) is 0 Å². The van der Waals surface area contributed by atoms with Crippen LogP contribution in [0.3, 0.4) is 0 Å². The molecule has 0 saturated carbocycles. The maximum atomic E-state index is 9.11. The van der Waals surface area contributed by atoms with Gasteiger partial charge in [-0.05, 0) is 24.3 Å². The summed E-state index contributed by atoms with van der Waals surface area (Å²) in [6, 6.07) is 6.39. The van der Waals surface area contributed by atoms with Crippen LogP contribution in [0.15, 0.2) is 34.9 Å². The first-order chi connectivity index (χ1) is 7.59. The lowest BCUT2D eigenvalue weighted by Gasteiger charge is -2.07. The Labute approximate surface area is 102 Å². The van der Waals surface area contributed by atoms with Gasteiger partial charge in [-0.15, -0.1) is 0 Å². The fraction of sp³-hybridized carbons (Fsp3) is 0. The Kier molecular flexibility index (Phi) is 3.26. The van der Waals surface area contributed by atoms with Crippen molar-refractivity contribution >= 4 is 35.8 Å². The van der Waals surface area contributed by atoms with Crippen molar-refractivity contribution in [3.8, 4) is 11.3 Å². The standard InChI is InChI=1S/C10H7BCl2O3/c12-8-5-9(13)7(11(14)15)4-6(8)10-2-1-3-16-10/h1-5,14-15H. The van der Waals surface area contributed by atoms with E-state index in [1.807, 2.05) is 0 Å². The molecule has 0 spiro atoms. The summed E-state index contributed by atoms with van der Waals surface area (Å²) in [5.74, 6) is 0.545. The van der Waals surface area contributed by atoms with Gasteiger partial charge in [0.1, 0.15) is 5.76 Å². The molecule has 1 aromatic heterocycles. The van der Waals surface area contributed by atoms with E-state index in [4.69, 9.17) is 37.7 Å². The van der Waals surface area contributed by atoms with Gasteiger partial charge in [-0.1, -0.05) is 23.2 Å². The number of halogens is 2. The molecule has 0 radical (unpaired) electrons. The maximum absolute atomic E-state index is 9.11. The van der Waals surface area contributed by atoms with Crippen molar-refractivity contribution in [1.29, 1.82) is 0 Å². The lowest BCUT2D eigenvalue weighted by Crippen LogP contribution is -2.30. The SMILES string of the molecule is OB(O)c1cc(-c2ccco2)c(Cl)cc1Cl. The summed E-state index contributed by atoms with van der Waals surface area (Å²) >= 11 is 11.8. The monoisotopic (exact) mass is 256 g/mol. The van der Waals surface area contributed by atoms with Crippen LogP contribution in [0, 0.1) is 0 Å². The highest BCUT2D eigenvalue weighted by Crippen LogP contribution is 2.29. The van der Waals surface area contributed by atoms with Crippen molar-refractivity contribution in [2.75, 3.05) is 0 Å². The largest absolute Gasteiger partial charge is 0.489 e. The lowest BCUT2D eigenvalue weighted by molar-refractivity contribution is 0.426. The summed E-state index contributed by atoms with van der Waals surface area (Å²) in [6.45, 7) is 0. The van der Waals surface area contributed by atoms with Crippen LogP contribution in [0.5, 0.6) is 0 Å². The van der Waals surface area contributed by atoms with E-state index in [1.165, 1.54) is 18.4 Å². The van der Waals surface area contributed by atoms with Gasteiger partial charge in [0.2, 0.25) is 0 Å². The van der Waals surface area contributed by atoms with Crippen LogP contribution in [-0.4, -0.2) is 17.2 Å². The number of benzene rings is 1. The topological polar surface area (TPSA) is 53.6 Å². The molecular formula is C10H7BCl2O3. The van der Waals surface area contributed by atoms with E-state index < -0.39 is 7.12 Å². The molecule has 1 aromatic carbocycles. The molecule has 3 nitrogen and oxygen atoms in total. The van der Waals surface area contributed by atoms with Crippen LogP contribution in [0.1, 0.15) is 0 Å². The lowest BCUT2D eigenvalue weighted by atomic mass is 9.79. The minimum absolute atomic E-state index is 0.192. The molecule has 82 valence electrons. The summed E-state index contributed by atoms with van der Waals surface area (Å²) in [6.07, 6.45) is 1.51. The van der Waals surface area contributed by atoms with E-state index in [0.717, 1.165) is 0 Å². The number of hydrogen-bond donors (Lipinski definition) is 2. The third-order valence-electron chi connectivity index (χ3n) is 2.15. The summed E-state index contributed by atoms with van der Waals surface area (Å²) in [4.78, 5) is 0. The molecule has 2 rings (SSSR count). The van der Waals surface area contributed by atoms with Crippen LogP contribution in [0.4, 0.5) is 0 Å². The maximum Gasteiger partial charge on any atom is 0.489 e. The smallest absolute Gasteiger partial charge is 0.464 e. The molecule has 0 amide bonds. The normalized spacial score (nSPS) is 10.5. The van der Waals surface area contributed by atoms with Gasteiger partial charge in [0.05, 0.1) is 11.3 Å². The molecule has 1 heterocycles. The summed E-state index contributed by atoms with van der Waals surface area (Å²) in [5.41, 5.74) is 0.761. The van der Waals surface area contributed by atoms with Gasteiger partial charge < -0.3 is 14.5 Å². The molecule has 6 heteroatoms. The highest BCUT2D eigenvalue weighted by atomic mass is 35.5. The highest BCUT2D eigenvalue weighted by Gasteiger charge is 2.19. The quantitative estimate of drug-likeness (QED) is 0.808. The van der Waals surface area contributed by atoms with Crippen molar-refractivity contribution in [3.05, 3.63) is 40.6 Å². The van der Waals surface area contributed by atoms with Crippen molar-refractivity contribution in [3.63, 3.8) is 0 Å². The minimum Gasteiger partial charge on any atom is -0.464 e. The first-order valence-corrected chi connectivity index (χ1v) is 5.24. The fourth-order valence-corrected chi connectivity index (χ4v) is 1.96. The van der Waals surface area contributed by atoms with E-state index in [1.54, 1.807) is 12.1 Å². The van der Waals surface area contributed by atoms with Gasteiger partial charge in [0.15, 0.2) is 0 Å².